The Morgan fingerprint density at radius 2 is 2.00 bits per heavy atom. The first kappa shape index (κ1) is 24.7. The SMILES string of the molecule is CN=C(NCCCN1CCc2ccccc2C1)N(C)Cc1cn(C)nc1C(C)C.I. The van der Waals surface area contributed by atoms with Gasteiger partial charge in [0.25, 0.3) is 0 Å². The van der Waals surface area contributed by atoms with Crippen LogP contribution in [0.5, 0.6) is 0 Å². The van der Waals surface area contributed by atoms with Crippen LogP contribution in [0.4, 0.5) is 0 Å². The predicted octanol–water partition coefficient (Wildman–Crippen LogP) is 3.62. The van der Waals surface area contributed by atoms with Crippen LogP contribution in [-0.4, -0.2) is 59.3 Å². The highest BCUT2D eigenvalue weighted by atomic mass is 127. The number of hydrogen-bond acceptors (Lipinski definition) is 3. The molecule has 0 saturated heterocycles. The molecule has 1 aliphatic rings. The molecule has 0 atom stereocenters. The number of guanidine groups is 1. The molecule has 2 aromatic rings. The van der Waals surface area contributed by atoms with Crippen LogP contribution < -0.4 is 5.32 Å². The largest absolute Gasteiger partial charge is 0.356 e. The van der Waals surface area contributed by atoms with Gasteiger partial charge in [0.1, 0.15) is 0 Å². The monoisotopic (exact) mass is 524 g/mol. The van der Waals surface area contributed by atoms with Crippen LogP contribution in [0, 0.1) is 0 Å². The van der Waals surface area contributed by atoms with Gasteiger partial charge < -0.3 is 10.2 Å². The molecule has 0 fully saturated rings. The Bertz CT molecular complexity index is 829. The molecule has 1 N–H and O–H groups in total. The molecule has 30 heavy (non-hydrogen) atoms. The van der Waals surface area contributed by atoms with Crippen molar-refractivity contribution in [2.75, 3.05) is 33.7 Å². The number of halogens is 1. The molecule has 0 aliphatic carbocycles. The van der Waals surface area contributed by atoms with E-state index in [4.69, 9.17) is 0 Å². The minimum atomic E-state index is 0. The standard InChI is InChI=1S/C23H36N6.HI/c1-18(2)22-21(16-28(5)26-22)15-27(4)23(24-3)25-12-8-13-29-14-11-19-9-6-7-10-20(19)17-29;/h6-7,9-10,16,18H,8,11-15,17H2,1-5H3,(H,24,25);1H. The third-order valence-corrected chi connectivity index (χ3v) is 5.61. The second kappa shape index (κ2) is 11.7. The van der Waals surface area contributed by atoms with Crippen molar-refractivity contribution in [2.45, 2.75) is 45.7 Å². The third kappa shape index (κ3) is 6.44. The molecule has 166 valence electrons. The van der Waals surface area contributed by atoms with Crippen molar-refractivity contribution in [3.05, 3.63) is 52.8 Å². The first-order chi connectivity index (χ1) is 14.0. The average Bonchev–Trinajstić information content (AvgIpc) is 3.08. The normalized spacial score (nSPS) is 14.4. The molecule has 6 nitrogen and oxygen atoms in total. The Balaban J connectivity index is 0.00000320. The molecule has 0 bridgehead atoms. The van der Waals surface area contributed by atoms with Crippen molar-refractivity contribution in [2.24, 2.45) is 12.0 Å². The fourth-order valence-corrected chi connectivity index (χ4v) is 4.13. The van der Waals surface area contributed by atoms with Crippen molar-refractivity contribution < 1.29 is 0 Å². The third-order valence-electron chi connectivity index (χ3n) is 5.61. The molecule has 0 saturated carbocycles. The van der Waals surface area contributed by atoms with Crippen LogP contribution in [0.2, 0.25) is 0 Å². The van der Waals surface area contributed by atoms with Gasteiger partial charge in [0.15, 0.2) is 5.96 Å². The lowest BCUT2D eigenvalue weighted by Gasteiger charge is -2.29. The number of hydrogen-bond donors (Lipinski definition) is 1. The number of aromatic nitrogens is 2. The Labute approximate surface area is 198 Å². The number of fused-ring (bicyclic) bond motifs is 1. The molecule has 0 amide bonds. The summed E-state index contributed by atoms with van der Waals surface area (Å²) in [6.45, 7) is 9.47. The van der Waals surface area contributed by atoms with Crippen LogP contribution in [0.3, 0.4) is 0 Å². The summed E-state index contributed by atoms with van der Waals surface area (Å²) in [6, 6.07) is 8.83. The second-order valence-corrected chi connectivity index (χ2v) is 8.35. The predicted molar refractivity (Wildman–Crippen MR) is 136 cm³/mol. The van der Waals surface area contributed by atoms with Crippen LogP contribution in [0.15, 0.2) is 35.5 Å². The molecular formula is C23H37IN6. The van der Waals surface area contributed by atoms with Gasteiger partial charge in [-0.3, -0.25) is 14.6 Å². The van der Waals surface area contributed by atoms with Crippen LogP contribution in [0.25, 0.3) is 0 Å². The van der Waals surface area contributed by atoms with Gasteiger partial charge in [0, 0.05) is 65.6 Å². The van der Waals surface area contributed by atoms with E-state index in [1.54, 1.807) is 0 Å². The van der Waals surface area contributed by atoms with E-state index >= 15 is 0 Å². The van der Waals surface area contributed by atoms with E-state index in [-0.39, 0.29) is 24.0 Å². The Morgan fingerprint density at radius 1 is 1.27 bits per heavy atom. The molecule has 1 aromatic carbocycles. The minimum absolute atomic E-state index is 0. The second-order valence-electron chi connectivity index (χ2n) is 8.35. The van der Waals surface area contributed by atoms with Crippen molar-refractivity contribution >= 4 is 29.9 Å². The maximum atomic E-state index is 4.62. The van der Waals surface area contributed by atoms with E-state index in [9.17, 15) is 0 Å². The molecule has 2 heterocycles. The Hall–Kier alpha value is -1.61. The van der Waals surface area contributed by atoms with Gasteiger partial charge >= 0.3 is 0 Å². The number of aliphatic imine (C=N–C) groups is 1. The summed E-state index contributed by atoms with van der Waals surface area (Å²) >= 11 is 0. The summed E-state index contributed by atoms with van der Waals surface area (Å²) in [5.41, 5.74) is 5.43. The van der Waals surface area contributed by atoms with E-state index < -0.39 is 0 Å². The molecule has 1 aromatic heterocycles. The van der Waals surface area contributed by atoms with E-state index in [1.807, 2.05) is 18.8 Å². The van der Waals surface area contributed by atoms with Crippen LogP contribution in [0.1, 0.15) is 48.6 Å². The minimum Gasteiger partial charge on any atom is -0.356 e. The number of rotatable bonds is 7. The van der Waals surface area contributed by atoms with E-state index in [1.165, 1.54) is 22.4 Å². The quantitative estimate of drug-likeness (QED) is 0.260. The van der Waals surface area contributed by atoms with E-state index in [0.717, 1.165) is 51.5 Å². The van der Waals surface area contributed by atoms with Gasteiger partial charge in [-0.2, -0.15) is 5.10 Å². The summed E-state index contributed by atoms with van der Waals surface area (Å²) in [6.07, 6.45) is 4.39. The highest BCUT2D eigenvalue weighted by Crippen LogP contribution is 2.19. The molecule has 1 aliphatic heterocycles. The zero-order valence-corrected chi connectivity index (χ0v) is 21.4. The lowest BCUT2D eigenvalue weighted by molar-refractivity contribution is 0.251. The number of nitrogens with one attached hydrogen (secondary N) is 1. The van der Waals surface area contributed by atoms with Gasteiger partial charge in [-0.15, -0.1) is 24.0 Å². The summed E-state index contributed by atoms with van der Waals surface area (Å²) in [7, 11) is 5.93. The van der Waals surface area contributed by atoms with E-state index in [0.29, 0.717) is 5.92 Å². The molecule has 3 rings (SSSR count). The van der Waals surface area contributed by atoms with Crippen molar-refractivity contribution in [3.63, 3.8) is 0 Å². The summed E-state index contributed by atoms with van der Waals surface area (Å²) in [4.78, 5) is 9.21. The van der Waals surface area contributed by atoms with Crippen molar-refractivity contribution in [3.8, 4) is 0 Å². The van der Waals surface area contributed by atoms with Gasteiger partial charge in [-0.05, 0) is 29.9 Å². The van der Waals surface area contributed by atoms with Gasteiger partial charge in [-0.25, -0.2) is 0 Å². The van der Waals surface area contributed by atoms with Gasteiger partial charge in [-0.1, -0.05) is 38.1 Å². The first-order valence-electron chi connectivity index (χ1n) is 10.7. The number of aryl methyl sites for hydroxylation is 1. The number of benzene rings is 1. The van der Waals surface area contributed by atoms with Crippen LogP contribution in [-0.2, 0) is 26.6 Å². The summed E-state index contributed by atoms with van der Waals surface area (Å²) < 4.78 is 1.91. The average molecular weight is 524 g/mol. The van der Waals surface area contributed by atoms with Gasteiger partial charge in [0.2, 0.25) is 0 Å². The maximum Gasteiger partial charge on any atom is 0.193 e. The lowest BCUT2D eigenvalue weighted by atomic mass is 10.00. The van der Waals surface area contributed by atoms with Gasteiger partial charge in [0.05, 0.1) is 5.69 Å². The Kier molecular flexibility index (Phi) is 9.61. The summed E-state index contributed by atoms with van der Waals surface area (Å²) in [5.74, 6) is 1.36. The molecule has 0 radical (unpaired) electrons. The molecular weight excluding hydrogens is 487 g/mol. The Morgan fingerprint density at radius 3 is 2.70 bits per heavy atom. The first-order valence-corrected chi connectivity index (χ1v) is 10.7. The highest BCUT2D eigenvalue weighted by Gasteiger charge is 2.16. The fraction of sp³-hybridized carbons (Fsp3) is 0.565. The molecule has 7 heteroatoms. The maximum absolute atomic E-state index is 4.62. The molecule has 0 spiro atoms. The van der Waals surface area contributed by atoms with Crippen molar-refractivity contribution in [1.29, 1.82) is 0 Å². The fourth-order valence-electron chi connectivity index (χ4n) is 4.13. The zero-order chi connectivity index (χ0) is 20.8. The van der Waals surface area contributed by atoms with E-state index in [2.05, 4.69) is 76.6 Å². The summed E-state index contributed by atoms with van der Waals surface area (Å²) in [5, 5.41) is 8.14. The smallest absolute Gasteiger partial charge is 0.193 e. The topological polar surface area (TPSA) is 48.7 Å². The molecule has 0 unspecified atom stereocenters. The lowest BCUT2D eigenvalue weighted by Crippen LogP contribution is -2.40. The number of nitrogens with zero attached hydrogens (tertiary/aromatic N) is 5. The van der Waals surface area contributed by atoms with Crippen LogP contribution >= 0.6 is 24.0 Å². The zero-order valence-electron chi connectivity index (χ0n) is 19.1. The van der Waals surface area contributed by atoms with Crippen molar-refractivity contribution in [1.82, 2.24) is 24.9 Å². The highest BCUT2D eigenvalue weighted by molar-refractivity contribution is 14.0.